The summed E-state index contributed by atoms with van der Waals surface area (Å²) in [6.45, 7) is 2.48. The van der Waals surface area contributed by atoms with Gasteiger partial charge in [0.1, 0.15) is 5.82 Å². The molecule has 1 amide bonds. The van der Waals surface area contributed by atoms with Gasteiger partial charge in [-0.05, 0) is 13.0 Å². The van der Waals surface area contributed by atoms with Gasteiger partial charge in [0, 0.05) is 29.6 Å². The molecule has 6 heteroatoms. The summed E-state index contributed by atoms with van der Waals surface area (Å²) in [6.07, 6.45) is 3.05. The Kier molecular flexibility index (Phi) is 4.96. The average molecular weight is 341 g/mol. The summed E-state index contributed by atoms with van der Waals surface area (Å²) in [5.74, 6) is -0.857. The van der Waals surface area contributed by atoms with Crippen LogP contribution in [0.1, 0.15) is 20.2 Å². The van der Waals surface area contributed by atoms with Crippen molar-refractivity contribution in [3.8, 4) is 11.3 Å². The summed E-state index contributed by atoms with van der Waals surface area (Å²) in [7, 11) is 0. The maximum atomic E-state index is 13.1. The lowest BCUT2D eigenvalue weighted by Crippen LogP contribution is -2.25. The molecule has 0 unspecified atom stereocenters. The third kappa shape index (κ3) is 3.83. The fourth-order valence-corrected chi connectivity index (χ4v) is 3.30. The molecule has 2 heterocycles. The molecule has 0 aliphatic rings. The van der Waals surface area contributed by atoms with Gasteiger partial charge >= 0.3 is 0 Å². The van der Waals surface area contributed by atoms with E-state index in [-0.39, 0.29) is 11.5 Å². The first-order valence-corrected chi connectivity index (χ1v) is 8.35. The van der Waals surface area contributed by atoms with E-state index in [0.717, 1.165) is 27.3 Å². The van der Waals surface area contributed by atoms with Crippen molar-refractivity contribution in [3.63, 3.8) is 0 Å². The third-order valence-corrected chi connectivity index (χ3v) is 4.51. The fourth-order valence-electron chi connectivity index (χ4n) is 2.34. The molecule has 0 aliphatic heterocycles. The number of carbonyl (C=O) groups is 1. The molecule has 0 spiro atoms. The SMILES string of the molecule is Cc1sc(CCNC(=O)c2cncc(F)c2)nc1-c1ccccc1. The van der Waals surface area contributed by atoms with Crippen LogP contribution in [0.5, 0.6) is 0 Å². The van der Waals surface area contributed by atoms with E-state index >= 15 is 0 Å². The van der Waals surface area contributed by atoms with E-state index in [1.807, 2.05) is 37.3 Å². The van der Waals surface area contributed by atoms with Crippen LogP contribution in [0.2, 0.25) is 0 Å². The highest BCUT2D eigenvalue weighted by Gasteiger charge is 2.11. The maximum absolute atomic E-state index is 13.1. The number of rotatable bonds is 5. The number of hydrogen-bond donors (Lipinski definition) is 1. The van der Waals surface area contributed by atoms with Gasteiger partial charge in [0.15, 0.2) is 0 Å². The second-order valence-electron chi connectivity index (χ2n) is 5.28. The highest BCUT2D eigenvalue weighted by Crippen LogP contribution is 2.27. The minimum absolute atomic E-state index is 0.218. The summed E-state index contributed by atoms with van der Waals surface area (Å²) in [4.78, 5) is 21.4. The van der Waals surface area contributed by atoms with Crippen molar-refractivity contribution < 1.29 is 9.18 Å². The molecule has 0 bridgehead atoms. The topological polar surface area (TPSA) is 54.9 Å². The molecule has 1 aromatic carbocycles. The van der Waals surface area contributed by atoms with Gasteiger partial charge in [-0.3, -0.25) is 9.78 Å². The number of amides is 1. The van der Waals surface area contributed by atoms with E-state index in [1.165, 1.54) is 12.3 Å². The van der Waals surface area contributed by atoms with Gasteiger partial charge in [-0.25, -0.2) is 9.37 Å². The molecule has 24 heavy (non-hydrogen) atoms. The van der Waals surface area contributed by atoms with Crippen molar-refractivity contribution in [3.05, 3.63) is 70.1 Å². The Hall–Kier alpha value is -2.60. The Labute approximate surface area is 143 Å². The molecule has 0 radical (unpaired) electrons. The van der Waals surface area contributed by atoms with Gasteiger partial charge in [-0.15, -0.1) is 11.3 Å². The molecule has 122 valence electrons. The highest BCUT2D eigenvalue weighted by atomic mass is 32.1. The van der Waals surface area contributed by atoms with Crippen LogP contribution in [0.15, 0.2) is 48.8 Å². The van der Waals surface area contributed by atoms with Crippen molar-refractivity contribution >= 4 is 17.2 Å². The second-order valence-corrected chi connectivity index (χ2v) is 6.56. The van der Waals surface area contributed by atoms with Crippen LogP contribution in [0, 0.1) is 12.7 Å². The van der Waals surface area contributed by atoms with E-state index in [4.69, 9.17) is 0 Å². The summed E-state index contributed by atoms with van der Waals surface area (Å²) in [5, 5.41) is 3.73. The van der Waals surface area contributed by atoms with Crippen LogP contribution in [0.4, 0.5) is 4.39 Å². The molecule has 0 fully saturated rings. The van der Waals surface area contributed by atoms with Crippen molar-refractivity contribution in [1.82, 2.24) is 15.3 Å². The number of pyridine rings is 1. The van der Waals surface area contributed by atoms with Crippen LogP contribution >= 0.6 is 11.3 Å². The summed E-state index contributed by atoms with van der Waals surface area (Å²) in [6, 6.07) is 11.2. The minimum atomic E-state index is -0.522. The monoisotopic (exact) mass is 341 g/mol. The summed E-state index contributed by atoms with van der Waals surface area (Å²) in [5.41, 5.74) is 2.29. The molecule has 2 aromatic heterocycles. The zero-order valence-electron chi connectivity index (χ0n) is 13.1. The van der Waals surface area contributed by atoms with Gasteiger partial charge in [0.05, 0.1) is 22.5 Å². The van der Waals surface area contributed by atoms with E-state index < -0.39 is 5.82 Å². The first-order chi connectivity index (χ1) is 11.6. The Bertz CT molecular complexity index is 848. The zero-order chi connectivity index (χ0) is 16.9. The maximum Gasteiger partial charge on any atom is 0.252 e. The first-order valence-electron chi connectivity index (χ1n) is 7.54. The third-order valence-electron chi connectivity index (χ3n) is 3.48. The number of aryl methyl sites for hydroxylation is 1. The molecule has 3 aromatic rings. The van der Waals surface area contributed by atoms with Crippen LogP contribution in [-0.2, 0) is 6.42 Å². The standard InChI is InChI=1S/C18H16FN3OS/c1-12-17(13-5-3-2-4-6-13)22-16(24-12)7-8-21-18(23)14-9-15(19)11-20-10-14/h2-6,9-11H,7-8H2,1H3,(H,21,23). The number of hydrogen-bond acceptors (Lipinski definition) is 4. The van der Waals surface area contributed by atoms with E-state index in [9.17, 15) is 9.18 Å². The molecule has 3 rings (SSSR count). The van der Waals surface area contributed by atoms with Crippen molar-refractivity contribution in [2.24, 2.45) is 0 Å². The lowest BCUT2D eigenvalue weighted by atomic mass is 10.1. The van der Waals surface area contributed by atoms with Crippen molar-refractivity contribution in [2.75, 3.05) is 6.54 Å². The zero-order valence-corrected chi connectivity index (χ0v) is 13.9. The molecule has 0 saturated carbocycles. The number of thiazole rings is 1. The number of benzene rings is 1. The Balaban J connectivity index is 1.61. The minimum Gasteiger partial charge on any atom is -0.352 e. The predicted octanol–water partition coefficient (Wildman–Crippen LogP) is 3.63. The number of aromatic nitrogens is 2. The van der Waals surface area contributed by atoms with Gasteiger partial charge in [-0.1, -0.05) is 30.3 Å². The lowest BCUT2D eigenvalue weighted by molar-refractivity contribution is 0.0953. The number of halogens is 1. The molecular formula is C18H16FN3OS. The quantitative estimate of drug-likeness (QED) is 0.771. The van der Waals surface area contributed by atoms with Gasteiger partial charge in [0.25, 0.3) is 5.91 Å². The summed E-state index contributed by atoms with van der Waals surface area (Å²) < 4.78 is 13.1. The predicted molar refractivity (Wildman–Crippen MR) is 92.5 cm³/mol. The van der Waals surface area contributed by atoms with Crippen molar-refractivity contribution in [1.29, 1.82) is 0 Å². The highest BCUT2D eigenvalue weighted by molar-refractivity contribution is 7.12. The Morgan fingerprint density at radius 3 is 2.79 bits per heavy atom. The van der Waals surface area contributed by atoms with Gasteiger partial charge < -0.3 is 5.32 Å². The van der Waals surface area contributed by atoms with Gasteiger partial charge in [0.2, 0.25) is 0 Å². The van der Waals surface area contributed by atoms with E-state index in [1.54, 1.807) is 11.3 Å². The number of nitrogens with one attached hydrogen (secondary N) is 1. The molecular weight excluding hydrogens is 325 g/mol. The average Bonchev–Trinajstić information content (AvgIpc) is 2.96. The van der Waals surface area contributed by atoms with Crippen LogP contribution < -0.4 is 5.32 Å². The van der Waals surface area contributed by atoms with Crippen LogP contribution in [0.25, 0.3) is 11.3 Å². The number of carbonyl (C=O) groups excluding carboxylic acids is 1. The molecule has 4 nitrogen and oxygen atoms in total. The van der Waals surface area contributed by atoms with E-state index in [2.05, 4.69) is 15.3 Å². The fraction of sp³-hybridized carbons (Fsp3) is 0.167. The van der Waals surface area contributed by atoms with Crippen LogP contribution in [0.3, 0.4) is 0 Å². The van der Waals surface area contributed by atoms with Crippen LogP contribution in [-0.4, -0.2) is 22.4 Å². The Morgan fingerprint density at radius 1 is 1.25 bits per heavy atom. The van der Waals surface area contributed by atoms with E-state index in [0.29, 0.717) is 13.0 Å². The molecule has 0 saturated heterocycles. The summed E-state index contributed by atoms with van der Waals surface area (Å²) >= 11 is 1.62. The first kappa shape index (κ1) is 16.3. The molecule has 0 atom stereocenters. The molecule has 1 N–H and O–H groups in total. The largest absolute Gasteiger partial charge is 0.352 e. The number of nitrogens with zero attached hydrogens (tertiary/aromatic N) is 2. The Morgan fingerprint density at radius 2 is 2.04 bits per heavy atom. The lowest BCUT2D eigenvalue weighted by Gasteiger charge is -2.03. The second kappa shape index (κ2) is 7.31. The van der Waals surface area contributed by atoms with Crippen molar-refractivity contribution in [2.45, 2.75) is 13.3 Å². The van der Waals surface area contributed by atoms with Gasteiger partial charge in [-0.2, -0.15) is 0 Å². The molecule has 0 aliphatic carbocycles. The normalized spacial score (nSPS) is 10.6. The smallest absolute Gasteiger partial charge is 0.252 e.